The zero-order valence-electron chi connectivity index (χ0n) is 8.99. The second-order valence-electron chi connectivity index (χ2n) is 3.31. The highest BCUT2D eigenvalue weighted by atomic mass is 16.5. The highest BCUT2D eigenvalue weighted by molar-refractivity contribution is 5.82. The van der Waals surface area contributed by atoms with Gasteiger partial charge in [0.15, 0.2) is 0 Å². The fraction of sp³-hybridized carbons (Fsp3) is 0.250. The number of esters is 1. The molecule has 80 valence electrons. The Morgan fingerprint density at radius 3 is 2.47 bits per heavy atom. The molecule has 0 radical (unpaired) electrons. The third kappa shape index (κ3) is 3.13. The van der Waals surface area contributed by atoms with Gasteiger partial charge in [-0.2, -0.15) is 0 Å². The van der Waals surface area contributed by atoms with Gasteiger partial charge in [-0.3, -0.25) is 0 Å². The Morgan fingerprint density at radius 2 is 2.00 bits per heavy atom. The number of rotatable bonds is 4. The molecule has 0 aliphatic heterocycles. The molecule has 0 aromatic heterocycles. The molecule has 1 unspecified atom stereocenters. The third-order valence-corrected chi connectivity index (χ3v) is 2.01. The highest BCUT2D eigenvalue weighted by Crippen LogP contribution is 2.11. The average molecular weight is 205 g/mol. The molecule has 3 heteroatoms. The van der Waals surface area contributed by atoms with Crippen LogP contribution in [0.4, 0.5) is 5.69 Å². The maximum Gasteiger partial charge on any atom is 0.332 e. The van der Waals surface area contributed by atoms with Crippen molar-refractivity contribution in [3.8, 4) is 0 Å². The number of hydrogen-bond acceptors (Lipinski definition) is 3. The van der Waals surface area contributed by atoms with E-state index in [2.05, 4.69) is 16.6 Å². The summed E-state index contributed by atoms with van der Waals surface area (Å²) in [5, 5.41) is 3.06. The van der Waals surface area contributed by atoms with E-state index in [1.807, 2.05) is 30.3 Å². The SMILES string of the molecule is C=C(C)C(Nc1ccccc1)C(=O)OC. The van der Waals surface area contributed by atoms with Gasteiger partial charge in [-0.15, -0.1) is 0 Å². The van der Waals surface area contributed by atoms with Gasteiger partial charge >= 0.3 is 5.97 Å². The number of ether oxygens (including phenoxy) is 1. The summed E-state index contributed by atoms with van der Waals surface area (Å²) in [6.07, 6.45) is 0. The summed E-state index contributed by atoms with van der Waals surface area (Å²) in [5.74, 6) is -0.327. The van der Waals surface area contributed by atoms with Crippen LogP contribution >= 0.6 is 0 Å². The summed E-state index contributed by atoms with van der Waals surface area (Å²) >= 11 is 0. The van der Waals surface area contributed by atoms with E-state index in [1.165, 1.54) is 7.11 Å². The lowest BCUT2D eigenvalue weighted by Gasteiger charge is -2.17. The first-order valence-corrected chi connectivity index (χ1v) is 4.70. The minimum atomic E-state index is -0.489. The number of carbonyl (C=O) groups excluding carboxylic acids is 1. The van der Waals surface area contributed by atoms with Gasteiger partial charge in [0.1, 0.15) is 6.04 Å². The number of para-hydroxylation sites is 1. The molecule has 0 bridgehead atoms. The number of anilines is 1. The molecular formula is C12H15NO2. The van der Waals surface area contributed by atoms with E-state index in [4.69, 9.17) is 0 Å². The summed E-state index contributed by atoms with van der Waals surface area (Å²) in [7, 11) is 1.37. The number of hydrogen-bond donors (Lipinski definition) is 1. The summed E-state index contributed by atoms with van der Waals surface area (Å²) in [6.45, 7) is 5.55. The largest absolute Gasteiger partial charge is 0.467 e. The van der Waals surface area contributed by atoms with Crippen LogP contribution in [0.5, 0.6) is 0 Å². The Balaban J connectivity index is 2.76. The lowest BCUT2D eigenvalue weighted by Crippen LogP contribution is -2.31. The predicted octanol–water partition coefficient (Wildman–Crippen LogP) is 2.22. The van der Waals surface area contributed by atoms with Crippen LogP contribution in [-0.2, 0) is 9.53 Å². The predicted molar refractivity (Wildman–Crippen MR) is 60.7 cm³/mol. The van der Waals surface area contributed by atoms with Crippen molar-refractivity contribution in [2.75, 3.05) is 12.4 Å². The maximum atomic E-state index is 11.4. The first-order chi connectivity index (χ1) is 7.15. The van der Waals surface area contributed by atoms with Gasteiger partial charge in [-0.25, -0.2) is 4.79 Å². The Hall–Kier alpha value is -1.77. The van der Waals surface area contributed by atoms with Crippen molar-refractivity contribution in [1.29, 1.82) is 0 Å². The van der Waals surface area contributed by atoms with Crippen molar-refractivity contribution in [2.24, 2.45) is 0 Å². The summed E-state index contributed by atoms with van der Waals surface area (Å²) in [6, 6.07) is 9.00. The van der Waals surface area contributed by atoms with E-state index >= 15 is 0 Å². The van der Waals surface area contributed by atoms with Crippen LogP contribution in [0.15, 0.2) is 42.5 Å². The molecular weight excluding hydrogens is 190 g/mol. The average Bonchev–Trinajstić information content (AvgIpc) is 2.26. The molecule has 15 heavy (non-hydrogen) atoms. The van der Waals surface area contributed by atoms with Gasteiger partial charge in [-0.05, 0) is 24.6 Å². The number of nitrogens with one attached hydrogen (secondary N) is 1. The van der Waals surface area contributed by atoms with E-state index in [0.717, 1.165) is 11.3 Å². The smallest absolute Gasteiger partial charge is 0.332 e. The summed E-state index contributed by atoms with van der Waals surface area (Å²) < 4.78 is 4.68. The fourth-order valence-electron chi connectivity index (χ4n) is 1.20. The van der Waals surface area contributed by atoms with Crippen molar-refractivity contribution in [1.82, 2.24) is 0 Å². The van der Waals surface area contributed by atoms with E-state index in [0.29, 0.717) is 0 Å². The number of benzene rings is 1. The minimum absolute atomic E-state index is 0.327. The third-order valence-electron chi connectivity index (χ3n) is 2.01. The van der Waals surface area contributed by atoms with Crippen molar-refractivity contribution < 1.29 is 9.53 Å². The molecule has 0 saturated heterocycles. The topological polar surface area (TPSA) is 38.3 Å². The van der Waals surface area contributed by atoms with Crippen molar-refractivity contribution in [3.05, 3.63) is 42.5 Å². The van der Waals surface area contributed by atoms with Crippen LogP contribution in [0.25, 0.3) is 0 Å². The molecule has 0 heterocycles. The van der Waals surface area contributed by atoms with Gasteiger partial charge in [0, 0.05) is 5.69 Å². The maximum absolute atomic E-state index is 11.4. The van der Waals surface area contributed by atoms with Crippen molar-refractivity contribution in [3.63, 3.8) is 0 Å². The van der Waals surface area contributed by atoms with E-state index in [9.17, 15) is 4.79 Å². The van der Waals surface area contributed by atoms with Crippen LogP contribution in [0.3, 0.4) is 0 Å². The standard InChI is InChI=1S/C12H15NO2/c1-9(2)11(12(14)15-3)13-10-7-5-4-6-8-10/h4-8,11,13H,1H2,2-3H3. The Kier molecular flexibility index (Phi) is 3.92. The zero-order valence-corrected chi connectivity index (χ0v) is 8.99. The fourth-order valence-corrected chi connectivity index (χ4v) is 1.20. The normalized spacial score (nSPS) is 11.6. The van der Waals surface area contributed by atoms with Gasteiger partial charge in [-0.1, -0.05) is 24.8 Å². The quantitative estimate of drug-likeness (QED) is 0.605. The molecule has 0 aliphatic rings. The molecule has 0 spiro atoms. The first kappa shape index (κ1) is 11.3. The van der Waals surface area contributed by atoms with Gasteiger partial charge in [0.2, 0.25) is 0 Å². The Labute approximate surface area is 89.8 Å². The molecule has 1 aromatic carbocycles. The van der Waals surface area contributed by atoms with E-state index < -0.39 is 6.04 Å². The van der Waals surface area contributed by atoms with Gasteiger partial charge < -0.3 is 10.1 Å². The molecule has 1 aromatic rings. The van der Waals surface area contributed by atoms with Crippen molar-refractivity contribution in [2.45, 2.75) is 13.0 Å². The minimum Gasteiger partial charge on any atom is -0.467 e. The number of carbonyl (C=O) groups is 1. The lowest BCUT2D eigenvalue weighted by atomic mass is 10.1. The zero-order chi connectivity index (χ0) is 11.3. The van der Waals surface area contributed by atoms with Crippen LogP contribution in [0.1, 0.15) is 6.92 Å². The van der Waals surface area contributed by atoms with Gasteiger partial charge in [0.05, 0.1) is 7.11 Å². The van der Waals surface area contributed by atoms with Crippen LogP contribution in [0.2, 0.25) is 0 Å². The van der Waals surface area contributed by atoms with E-state index in [-0.39, 0.29) is 5.97 Å². The van der Waals surface area contributed by atoms with Gasteiger partial charge in [0.25, 0.3) is 0 Å². The molecule has 0 aliphatic carbocycles. The lowest BCUT2D eigenvalue weighted by molar-refractivity contribution is -0.140. The monoisotopic (exact) mass is 205 g/mol. The van der Waals surface area contributed by atoms with Crippen LogP contribution in [0, 0.1) is 0 Å². The summed E-state index contributed by atoms with van der Waals surface area (Å²) in [5.41, 5.74) is 1.60. The Morgan fingerprint density at radius 1 is 1.40 bits per heavy atom. The van der Waals surface area contributed by atoms with Crippen LogP contribution in [-0.4, -0.2) is 19.1 Å². The molecule has 0 saturated carbocycles. The summed E-state index contributed by atoms with van der Waals surface area (Å²) in [4.78, 5) is 11.4. The molecule has 3 nitrogen and oxygen atoms in total. The Bertz CT molecular complexity index is 346. The van der Waals surface area contributed by atoms with E-state index in [1.54, 1.807) is 6.92 Å². The molecule has 0 amide bonds. The number of methoxy groups -OCH3 is 1. The molecule has 1 rings (SSSR count). The first-order valence-electron chi connectivity index (χ1n) is 4.70. The van der Waals surface area contributed by atoms with Crippen LogP contribution < -0.4 is 5.32 Å². The molecule has 1 atom stereocenters. The second-order valence-corrected chi connectivity index (χ2v) is 3.31. The molecule has 0 fully saturated rings. The molecule has 1 N–H and O–H groups in total. The highest BCUT2D eigenvalue weighted by Gasteiger charge is 2.19. The second kappa shape index (κ2) is 5.20. The van der Waals surface area contributed by atoms with Crippen molar-refractivity contribution >= 4 is 11.7 Å².